The molecular formula is C23H28N4O5S. The average molecular weight is 473 g/mol. The lowest BCUT2D eigenvalue weighted by Gasteiger charge is -2.21. The van der Waals surface area contributed by atoms with Gasteiger partial charge in [-0.2, -0.15) is 0 Å². The lowest BCUT2D eigenvalue weighted by Crippen LogP contribution is -2.43. The summed E-state index contributed by atoms with van der Waals surface area (Å²) in [6.07, 6.45) is 1.51. The Balaban J connectivity index is 1.68. The maximum absolute atomic E-state index is 12.8. The molecule has 2 amide bonds. The van der Waals surface area contributed by atoms with Crippen molar-refractivity contribution >= 4 is 40.2 Å². The van der Waals surface area contributed by atoms with E-state index >= 15 is 0 Å². The van der Waals surface area contributed by atoms with Crippen molar-refractivity contribution in [2.75, 3.05) is 7.11 Å². The highest BCUT2D eigenvalue weighted by molar-refractivity contribution is 7.09. The van der Waals surface area contributed by atoms with Gasteiger partial charge in [0.25, 0.3) is 5.91 Å². The second kappa shape index (κ2) is 10.0. The normalized spacial score (nSPS) is 13.2. The van der Waals surface area contributed by atoms with Gasteiger partial charge in [-0.3, -0.25) is 4.79 Å². The molecule has 0 saturated carbocycles. The standard InChI is InChI=1S/C23H28N4O5S/c1-13(25-22(30)32-23(2,3)4)20-27-18(12-33-20)19(28)26-17(21(29)31-5)10-14-11-24-16-9-7-6-8-15(14)16/h6-9,11-13,17,24H,10H2,1-5H3,(H,25,30)(H,26,28)/t13-,17+/m1/s1. The first-order valence-corrected chi connectivity index (χ1v) is 11.3. The third-order valence-electron chi connectivity index (χ3n) is 4.75. The molecule has 9 nitrogen and oxygen atoms in total. The van der Waals surface area contributed by atoms with Crippen LogP contribution in [0.5, 0.6) is 0 Å². The summed E-state index contributed by atoms with van der Waals surface area (Å²) in [5.41, 5.74) is 1.36. The van der Waals surface area contributed by atoms with Crippen LogP contribution in [0.15, 0.2) is 35.8 Å². The smallest absolute Gasteiger partial charge is 0.408 e. The number of H-pyrrole nitrogens is 1. The molecule has 0 saturated heterocycles. The molecule has 176 valence electrons. The maximum atomic E-state index is 12.8. The lowest BCUT2D eigenvalue weighted by molar-refractivity contribution is -0.142. The minimum atomic E-state index is -0.885. The predicted octanol–water partition coefficient (Wildman–Crippen LogP) is 3.72. The van der Waals surface area contributed by atoms with E-state index in [1.165, 1.54) is 18.4 Å². The van der Waals surface area contributed by atoms with Gasteiger partial charge in [0.1, 0.15) is 22.3 Å². The molecule has 0 aliphatic heterocycles. The van der Waals surface area contributed by atoms with E-state index in [2.05, 4.69) is 20.6 Å². The van der Waals surface area contributed by atoms with E-state index in [0.717, 1.165) is 16.5 Å². The van der Waals surface area contributed by atoms with Gasteiger partial charge in [0, 0.05) is 28.9 Å². The largest absolute Gasteiger partial charge is 0.467 e. The first-order valence-electron chi connectivity index (χ1n) is 10.5. The first kappa shape index (κ1) is 24.2. The van der Waals surface area contributed by atoms with Gasteiger partial charge in [-0.1, -0.05) is 18.2 Å². The van der Waals surface area contributed by atoms with Crippen LogP contribution in [0.4, 0.5) is 4.79 Å². The number of hydrogen-bond donors (Lipinski definition) is 3. The summed E-state index contributed by atoms with van der Waals surface area (Å²) >= 11 is 1.23. The van der Waals surface area contributed by atoms with E-state index in [1.54, 1.807) is 33.1 Å². The second-order valence-electron chi connectivity index (χ2n) is 8.55. The minimum absolute atomic E-state index is 0.153. The quantitative estimate of drug-likeness (QED) is 0.451. The summed E-state index contributed by atoms with van der Waals surface area (Å²) in [4.78, 5) is 44.7. The Hall–Kier alpha value is -3.40. The highest BCUT2D eigenvalue weighted by Gasteiger charge is 2.26. The molecule has 2 heterocycles. The van der Waals surface area contributed by atoms with Crippen molar-refractivity contribution in [2.45, 2.75) is 51.8 Å². The summed E-state index contributed by atoms with van der Waals surface area (Å²) in [7, 11) is 1.28. The van der Waals surface area contributed by atoms with Crippen molar-refractivity contribution in [3.8, 4) is 0 Å². The zero-order chi connectivity index (χ0) is 24.2. The van der Waals surface area contributed by atoms with Crippen LogP contribution in [0.3, 0.4) is 0 Å². The Morgan fingerprint density at radius 3 is 2.61 bits per heavy atom. The Bertz CT molecular complexity index is 1150. The molecule has 3 N–H and O–H groups in total. The molecular weight excluding hydrogens is 444 g/mol. The van der Waals surface area contributed by atoms with Gasteiger partial charge in [0.05, 0.1) is 13.2 Å². The van der Waals surface area contributed by atoms with E-state index in [4.69, 9.17) is 9.47 Å². The van der Waals surface area contributed by atoms with Crippen LogP contribution in [0, 0.1) is 0 Å². The van der Waals surface area contributed by atoms with Crippen LogP contribution in [0.25, 0.3) is 10.9 Å². The number of aromatic amines is 1. The number of benzene rings is 1. The van der Waals surface area contributed by atoms with E-state index in [0.29, 0.717) is 5.01 Å². The van der Waals surface area contributed by atoms with Crippen LogP contribution in [-0.2, 0) is 20.7 Å². The fourth-order valence-corrected chi connectivity index (χ4v) is 4.03. The van der Waals surface area contributed by atoms with Gasteiger partial charge in [0.2, 0.25) is 0 Å². The third-order valence-corrected chi connectivity index (χ3v) is 5.78. The highest BCUT2D eigenvalue weighted by Crippen LogP contribution is 2.21. The molecule has 2 atom stereocenters. The Morgan fingerprint density at radius 2 is 1.91 bits per heavy atom. The lowest BCUT2D eigenvalue weighted by atomic mass is 10.0. The molecule has 33 heavy (non-hydrogen) atoms. The van der Waals surface area contributed by atoms with Gasteiger partial charge in [0.15, 0.2) is 0 Å². The van der Waals surface area contributed by atoms with Crippen LogP contribution >= 0.6 is 11.3 Å². The Kier molecular flexibility index (Phi) is 7.37. The van der Waals surface area contributed by atoms with Crippen LogP contribution in [0.1, 0.15) is 54.8 Å². The first-order chi connectivity index (χ1) is 15.6. The minimum Gasteiger partial charge on any atom is -0.467 e. The number of esters is 1. The van der Waals surface area contributed by atoms with E-state index in [-0.39, 0.29) is 12.1 Å². The SMILES string of the molecule is COC(=O)[C@H](Cc1c[nH]c2ccccc12)NC(=O)c1csc([C@@H](C)NC(=O)OC(C)(C)C)n1. The summed E-state index contributed by atoms with van der Waals surface area (Å²) in [5.74, 6) is -1.05. The molecule has 3 aromatic rings. The Labute approximate surface area is 195 Å². The highest BCUT2D eigenvalue weighted by atomic mass is 32.1. The number of para-hydroxylation sites is 1. The number of thiazole rings is 1. The van der Waals surface area contributed by atoms with Crippen molar-refractivity contribution < 1.29 is 23.9 Å². The molecule has 0 aliphatic rings. The number of amides is 2. The van der Waals surface area contributed by atoms with Crippen LogP contribution in [-0.4, -0.2) is 46.7 Å². The average Bonchev–Trinajstić information content (AvgIpc) is 3.39. The van der Waals surface area contributed by atoms with Crippen molar-refractivity contribution in [3.05, 3.63) is 52.1 Å². The monoisotopic (exact) mass is 472 g/mol. The molecule has 0 fully saturated rings. The van der Waals surface area contributed by atoms with Gasteiger partial charge in [-0.25, -0.2) is 14.6 Å². The maximum Gasteiger partial charge on any atom is 0.408 e. The van der Waals surface area contributed by atoms with Crippen molar-refractivity contribution in [3.63, 3.8) is 0 Å². The molecule has 0 aliphatic carbocycles. The number of hydrogen-bond acceptors (Lipinski definition) is 7. The molecule has 0 bridgehead atoms. The molecule has 0 unspecified atom stereocenters. The summed E-state index contributed by atoms with van der Waals surface area (Å²) in [6.45, 7) is 7.07. The van der Waals surface area contributed by atoms with Crippen LogP contribution in [0.2, 0.25) is 0 Å². The number of alkyl carbamates (subject to hydrolysis) is 1. The van der Waals surface area contributed by atoms with Gasteiger partial charge in [-0.05, 0) is 39.3 Å². The molecule has 10 heteroatoms. The van der Waals surface area contributed by atoms with E-state index in [1.807, 2.05) is 30.5 Å². The number of nitrogens with one attached hydrogen (secondary N) is 3. The topological polar surface area (TPSA) is 122 Å². The zero-order valence-electron chi connectivity index (χ0n) is 19.2. The summed E-state index contributed by atoms with van der Waals surface area (Å²) in [5, 5.41) is 8.50. The number of ether oxygens (including phenoxy) is 2. The predicted molar refractivity (Wildman–Crippen MR) is 125 cm³/mol. The Morgan fingerprint density at radius 1 is 1.18 bits per heavy atom. The number of fused-ring (bicyclic) bond motifs is 1. The van der Waals surface area contributed by atoms with Crippen LogP contribution < -0.4 is 10.6 Å². The number of methoxy groups -OCH3 is 1. The summed E-state index contributed by atoms with van der Waals surface area (Å²) < 4.78 is 10.1. The van der Waals surface area contributed by atoms with Gasteiger partial charge < -0.3 is 25.1 Å². The number of rotatable bonds is 7. The molecule has 1 aromatic carbocycles. The number of carbonyl (C=O) groups excluding carboxylic acids is 3. The third kappa shape index (κ3) is 6.32. The van der Waals surface area contributed by atoms with Gasteiger partial charge in [-0.15, -0.1) is 11.3 Å². The van der Waals surface area contributed by atoms with Crippen molar-refractivity contribution in [1.82, 2.24) is 20.6 Å². The van der Waals surface area contributed by atoms with Gasteiger partial charge >= 0.3 is 12.1 Å². The number of aromatic nitrogens is 2. The van der Waals surface area contributed by atoms with E-state index in [9.17, 15) is 14.4 Å². The molecule has 0 spiro atoms. The molecule has 0 radical (unpaired) electrons. The second-order valence-corrected chi connectivity index (χ2v) is 9.44. The fraction of sp³-hybridized carbons (Fsp3) is 0.391. The molecule has 3 rings (SSSR count). The van der Waals surface area contributed by atoms with Crippen molar-refractivity contribution in [2.24, 2.45) is 0 Å². The summed E-state index contributed by atoms with van der Waals surface area (Å²) in [6, 6.07) is 6.38. The fourth-order valence-electron chi connectivity index (χ4n) is 3.23. The molecule has 2 aromatic heterocycles. The van der Waals surface area contributed by atoms with E-state index < -0.39 is 35.7 Å². The number of nitrogens with zero attached hydrogens (tertiary/aromatic N) is 1. The van der Waals surface area contributed by atoms with Crippen molar-refractivity contribution in [1.29, 1.82) is 0 Å². The number of carbonyl (C=O) groups is 3. The zero-order valence-corrected chi connectivity index (χ0v) is 20.0.